The van der Waals surface area contributed by atoms with Crippen molar-refractivity contribution >= 4 is 22.7 Å². The molecule has 0 bridgehead atoms. The molecule has 1 amide bonds. The van der Waals surface area contributed by atoms with Gasteiger partial charge in [0.25, 0.3) is 0 Å². The number of para-hydroxylation sites is 1. The van der Waals surface area contributed by atoms with Crippen LogP contribution in [-0.2, 0) is 14.3 Å². The normalized spacial score (nSPS) is 27.0. The second kappa shape index (κ2) is 10.8. The minimum atomic E-state index is -0.0847. The van der Waals surface area contributed by atoms with Crippen molar-refractivity contribution < 1.29 is 18.8 Å². The van der Waals surface area contributed by atoms with Gasteiger partial charge in [-0.15, -0.1) is 0 Å². The molecule has 2 aliphatic heterocycles. The Balaban J connectivity index is 0.985. The summed E-state index contributed by atoms with van der Waals surface area (Å²) in [6, 6.07) is 8.41. The van der Waals surface area contributed by atoms with Crippen LogP contribution >= 0.6 is 0 Å². The number of rotatable bonds is 7. The standard InChI is InChI=1S/C25H36N4O4/c30-24(17-21-18-31-15-16-32-21)26-20-7-5-19(6-8-20)9-10-28-11-13-29(14-12-28)25-22-3-1-2-4-23(22)33-27-25/h1-4,19-21H,5-18H2,(H,26,30). The van der Waals surface area contributed by atoms with E-state index in [1.54, 1.807) is 0 Å². The van der Waals surface area contributed by atoms with E-state index in [2.05, 4.69) is 26.3 Å². The number of nitrogens with zero attached hydrogens (tertiary/aromatic N) is 3. The first-order valence-corrected chi connectivity index (χ1v) is 12.5. The summed E-state index contributed by atoms with van der Waals surface area (Å²) in [6.07, 6.45) is 6.17. The fourth-order valence-electron chi connectivity index (χ4n) is 5.39. The number of amides is 1. The lowest BCUT2D eigenvalue weighted by Crippen LogP contribution is -2.47. The van der Waals surface area contributed by atoms with Gasteiger partial charge >= 0.3 is 0 Å². The van der Waals surface area contributed by atoms with Crippen LogP contribution in [0.4, 0.5) is 5.82 Å². The van der Waals surface area contributed by atoms with Gasteiger partial charge in [0.2, 0.25) is 5.91 Å². The number of benzene rings is 1. The lowest BCUT2D eigenvalue weighted by Gasteiger charge is -2.36. The van der Waals surface area contributed by atoms with Gasteiger partial charge in [-0.05, 0) is 56.7 Å². The van der Waals surface area contributed by atoms with Gasteiger partial charge in [0.05, 0.1) is 37.7 Å². The monoisotopic (exact) mass is 456 g/mol. The largest absolute Gasteiger partial charge is 0.376 e. The molecule has 8 heteroatoms. The van der Waals surface area contributed by atoms with Crippen molar-refractivity contribution in [3.63, 3.8) is 0 Å². The van der Waals surface area contributed by atoms with Crippen LogP contribution in [-0.4, -0.2) is 80.7 Å². The number of piperazine rings is 1. The molecule has 1 aromatic heterocycles. The first-order chi connectivity index (χ1) is 16.2. The Labute approximate surface area is 195 Å². The summed E-state index contributed by atoms with van der Waals surface area (Å²) in [7, 11) is 0. The molecule has 5 rings (SSSR count). The van der Waals surface area contributed by atoms with Crippen LogP contribution in [0.25, 0.3) is 11.0 Å². The maximum Gasteiger partial charge on any atom is 0.222 e. The molecular formula is C25H36N4O4. The van der Waals surface area contributed by atoms with E-state index in [1.807, 2.05) is 18.2 Å². The molecule has 2 saturated heterocycles. The van der Waals surface area contributed by atoms with Crippen LogP contribution < -0.4 is 10.2 Å². The third kappa shape index (κ3) is 5.86. The zero-order chi connectivity index (χ0) is 22.5. The topological polar surface area (TPSA) is 80.1 Å². The Morgan fingerprint density at radius 3 is 2.67 bits per heavy atom. The van der Waals surface area contributed by atoms with E-state index < -0.39 is 0 Å². The van der Waals surface area contributed by atoms with Crippen LogP contribution in [0.15, 0.2) is 28.8 Å². The molecule has 1 aliphatic carbocycles. The summed E-state index contributed by atoms with van der Waals surface area (Å²) in [5, 5.41) is 8.64. The first kappa shape index (κ1) is 22.6. The second-order valence-electron chi connectivity index (χ2n) is 9.68. The summed E-state index contributed by atoms with van der Waals surface area (Å²) in [5.74, 6) is 1.85. The van der Waals surface area contributed by atoms with Crippen molar-refractivity contribution in [1.29, 1.82) is 0 Å². The highest BCUT2D eigenvalue weighted by molar-refractivity contribution is 5.88. The highest BCUT2D eigenvalue weighted by Crippen LogP contribution is 2.29. The maximum absolute atomic E-state index is 12.3. The van der Waals surface area contributed by atoms with Crippen molar-refractivity contribution in [2.45, 2.75) is 50.7 Å². The van der Waals surface area contributed by atoms with Crippen LogP contribution in [0.1, 0.15) is 38.5 Å². The number of carbonyl (C=O) groups excluding carboxylic acids is 1. The molecule has 33 heavy (non-hydrogen) atoms. The number of aromatic nitrogens is 1. The lowest BCUT2D eigenvalue weighted by molar-refractivity contribution is -0.132. The molecule has 3 aliphatic rings. The Hall–Kier alpha value is -2.16. The SMILES string of the molecule is O=C(CC1COCCO1)NC1CCC(CCN2CCN(c3noc4ccccc34)CC2)CC1. The number of nitrogens with one attached hydrogen (secondary N) is 1. The van der Waals surface area contributed by atoms with E-state index in [9.17, 15) is 4.79 Å². The quantitative estimate of drug-likeness (QED) is 0.686. The molecule has 0 spiro atoms. The minimum Gasteiger partial charge on any atom is -0.376 e. The molecule has 3 fully saturated rings. The van der Waals surface area contributed by atoms with E-state index in [1.165, 1.54) is 19.3 Å². The third-order valence-corrected chi connectivity index (χ3v) is 7.39. The van der Waals surface area contributed by atoms with Crippen molar-refractivity contribution in [1.82, 2.24) is 15.4 Å². The fourth-order valence-corrected chi connectivity index (χ4v) is 5.39. The van der Waals surface area contributed by atoms with Gasteiger partial charge in [0.15, 0.2) is 11.4 Å². The zero-order valence-corrected chi connectivity index (χ0v) is 19.4. The van der Waals surface area contributed by atoms with E-state index in [-0.39, 0.29) is 12.0 Å². The van der Waals surface area contributed by atoms with Crippen molar-refractivity contribution in [2.75, 3.05) is 57.4 Å². The van der Waals surface area contributed by atoms with E-state index in [0.717, 1.165) is 68.3 Å². The van der Waals surface area contributed by atoms with Crippen LogP contribution in [0.5, 0.6) is 0 Å². The first-order valence-electron chi connectivity index (χ1n) is 12.5. The highest BCUT2D eigenvalue weighted by atomic mass is 16.6. The predicted octanol–water partition coefficient (Wildman–Crippen LogP) is 2.82. The van der Waals surface area contributed by atoms with Gasteiger partial charge in [0.1, 0.15) is 0 Å². The van der Waals surface area contributed by atoms with Gasteiger partial charge in [-0.25, -0.2) is 0 Å². The van der Waals surface area contributed by atoms with Gasteiger partial charge in [-0.2, -0.15) is 0 Å². The summed E-state index contributed by atoms with van der Waals surface area (Å²) in [5.41, 5.74) is 0.859. The lowest BCUT2D eigenvalue weighted by atomic mass is 9.84. The van der Waals surface area contributed by atoms with E-state index in [0.29, 0.717) is 32.3 Å². The van der Waals surface area contributed by atoms with E-state index in [4.69, 9.17) is 14.0 Å². The second-order valence-corrected chi connectivity index (χ2v) is 9.68. The van der Waals surface area contributed by atoms with Gasteiger partial charge < -0.3 is 24.2 Å². The molecule has 1 saturated carbocycles. The highest BCUT2D eigenvalue weighted by Gasteiger charge is 2.26. The molecule has 1 unspecified atom stereocenters. The summed E-state index contributed by atoms with van der Waals surface area (Å²) in [4.78, 5) is 17.2. The average Bonchev–Trinajstić information content (AvgIpc) is 3.29. The number of fused-ring (bicyclic) bond motifs is 1. The Bertz CT molecular complexity index is 897. The summed E-state index contributed by atoms with van der Waals surface area (Å²) >= 11 is 0. The van der Waals surface area contributed by atoms with Crippen molar-refractivity contribution in [3.8, 4) is 0 Å². The molecule has 1 atom stereocenters. The van der Waals surface area contributed by atoms with Gasteiger partial charge in [-0.3, -0.25) is 9.69 Å². The molecule has 1 N–H and O–H groups in total. The summed E-state index contributed by atoms with van der Waals surface area (Å²) < 4.78 is 16.5. The number of hydrogen-bond donors (Lipinski definition) is 1. The number of ether oxygens (including phenoxy) is 2. The number of carbonyl (C=O) groups is 1. The predicted molar refractivity (Wildman–Crippen MR) is 126 cm³/mol. The Kier molecular flexibility index (Phi) is 7.43. The molecule has 3 heterocycles. The molecule has 2 aromatic rings. The Morgan fingerprint density at radius 1 is 1.06 bits per heavy atom. The van der Waals surface area contributed by atoms with Gasteiger partial charge in [-0.1, -0.05) is 17.3 Å². The van der Waals surface area contributed by atoms with E-state index >= 15 is 0 Å². The Morgan fingerprint density at radius 2 is 1.88 bits per heavy atom. The molecule has 1 aromatic carbocycles. The average molecular weight is 457 g/mol. The molecule has 8 nitrogen and oxygen atoms in total. The number of anilines is 1. The third-order valence-electron chi connectivity index (χ3n) is 7.39. The molecule has 180 valence electrons. The molecule has 0 radical (unpaired) electrons. The smallest absolute Gasteiger partial charge is 0.222 e. The van der Waals surface area contributed by atoms with Gasteiger partial charge in [0, 0.05) is 32.2 Å². The van der Waals surface area contributed by atoms with Crippen molar-refractivity contribution in [2.24, 2.45) is 5.92 Å². The minimum absolute atomic E-state index is 0.0847. The van der Waals surface area contributed by atoms with Crippen LogP contribution in [0.3, 0.4) is 0 Å². The zero-order valence-electron chi connectivity index (χ0n) is 19.4. The van der Waals surface area contributed by atoms with Crippen LogP contribution in [0, 0.1) is 5.92 Å². The molecular weight excluding hydrogens is 420 g/mol. The maximum atomic E-state index is 12.3. The summed E-state index contributed by atoms with van der Waals surface area (Å²) in [6.45, 7) is 7.04. The fraction of sp³-hybridized carbons (Fsp3) is 0.680. The number of hydrogen-bond acceptors (Lipinski definition) is 7. The van der Waals surface area contributed by atoms with Crippen molar-refractivity contribution in [3.05, 3.63) is 24.3 Å². The van der Waals surface area contributed by atoms with Crippen LogP contribution in [0.2, 0.25) is 0 Å².